The molecule has 0 spiro atoms. The van der Waals surface area contributed by atoms with Gasteiger partial charge in [0.25, 0.3) is 0 Å². The summed E-state index contributed by atoms with van der Waals surface area (Å²) < 4.78 is 0. The topological polar surface area (TPSA) is 75.6 Å². The van der Waals surface area contributed by atoms with Crippen LogP contribution in [-0.4, -0.2) is 33.0 Å². The minimum Gasteiger partial charge on any atom is -0.368 e. The summed E-state index contributed by atoms with van der Waals surface area (Å²) in [5.41, 5.74) is 0.935. The quantitative estimate of drug-likeness (QED) is 0.687. The van der Waals surface area contributed by atoms with Crippen LogP contribution in [0.25, 0.3) is 10.9 Å². The Morgan fingerprint density at radius 3 is 2.50 bits per heavy atom. The Bertz CT molecular complexity index is 680. The molecule has 0 saturated heterocycles. The van der Waals surface area contributed by atoms with Gasteiger partial charge in [-0.25, -0.2) is 19.9 Å². The Morgan fingerprint density at radius 1 is 0.800 bits per heavy atom. The molecule has 20 heavy (non-hydrogen) atoms. The zero-order valence-electron chi connectivity index (χ0n) is 10.8. The molecule has 3 aromatic rings. The second-order valence-electron chi connectivity index (χ2n) is 4.17. The molecule has 100 valence electrons. The van der Waals surface area contributed by atoms with Gasteiger partial charge >= 0.3 is 0 Å². The van der Waals surface area contributed by atoms with E-state index in [0.717, 1.165) is 23.3 Å². The highest BCUT2D eigenvalue weighted by atomic mass is 15.1. The Hall–Kier alpha value is -2.76. The molecule has 6 nitrogen and oxygen atoms in total. The van der Waals surface area contributed by atoms with E-state index < -0.39 is 0 Å². The summed E-state index contributed by atoms with van der Waals surface area (Å²) in [6.07, 6.45) is 4.99. The maximum Gasteiger partial charge on any atom is 0.222 e. The van der Waals surface area contributed by atoms with E-state index in [9.17, 15) is 0 Å². The molecule has 0 amide bonds. The molecule has 0 atom stereocenters. The highest BCUT2D eigenvalue weighted by Crippen LogP contribution is 2.17. The van der Waals surface area contributed by atoms with Crippen molar-refractivity contribution in [2.45, 2.75) is 0 Å². The second kappa shape index (κ2) is 5.92. The number of rotatable bonds is 5. The van der Waals surface area contributed by atoms with E-state index in [4.69, 9.17) is 0 Å². The van der Waals surface area contributed by atoms with Crippen molar-refractivity contribution in [2.24, 2.45) is 0 Å². The third kappa shape index (κ3) is 2.80. The molecule has 3 rings (SSSR count). The maximum atomic E-state index is 4.27. The SMILES string of the molecule is c1cnc(NCCNc2ncnc3ccccc23)nc1. The Balaban J connectivity index is 1.60. The molecule has 0 radical (unpaired) electrons. The molecule has 2 heterocycles. The predicted octanol–water partition coefficient (Wildman–Crippen LogP) is 1.94. The first kappa shape index (κ1) is 12.3. The van der Waals surface area contributed by atoms with E-state index in [-0.39, 0.29) is 0 Å². The monoisotopic (exact) mass is 266 g/mol. The summed E-state index contributed by atoms with van der Waals surface area (Å²) in [6.45, 7) is 1.43. The van der Waals surface area contributed by atoms with Crippen LogP contribution < -0.4 is 10.6 Å². The van der Waals surface area contributed by atoms with Crippen molar-refractivity contribution < 1.29 is 0 Å². The largest absolute Gasteiger partial charge is 0.368 e. The lowest BCUT2D eigenvalue weighted by molar-refractivity contribution is 1.02. The van der Waals surface area contributed by atoms with Crippen LogP contribution in [0.5, 0.6) is 0 Å². The summed E-state index contributed by atoms with van der Waals surface area (Å²) in [6, 6.07) is 9.71. The standard InChI is InChI=1S/C14H14N6/c1-2-5-12-11(4-1)13(20-10-19-12)15-8-9-18-14-16-6-3-7-17-14/h1-7,10H,8-9H2,(H,15,19,20)(H,16,17,18). The number of fused-ring (bicyclic) bond motifs is 1. The minimum atomic E-state index is 0.627. The van der Waals surface area contributed by atoms with Crippen molar-refractivity contribution in [3.8, 4) is 0 Å². The zero-order chi connectivity index (χ0) is 13.6. The van der Waals surface area contributed by atoms with Crippen molar-refractivity contribution in [3.63, 3.8) is 0 Å². The van der Waals surface area contributed by atoms with Crippen LogP contribution in [0.2, 0.25) is 0 Å². The van der Waals surface area contributed by atoms with E-state index >= 15 is 0 Å². The molecule has 0 bridgehead atoms. The number of aromatic nitrogens is 4. The van der Waals surface area contributed by atoms with Gasteiger partial charge in [-0.05, 0) is 18.2 Å². The highest BCUT2D eigenvalue weighted by Gasteiger charge is 2.01. The van der Waals surface area contributed by atoms with Crippen LogP contribution in [0.15, 0.2) is 49.1 Å². The lowest BCUT2D eigenvalue weighted by atomic mass is 10.2. The molecule has 0 fully saturated rings. The molecule has 1 aromatic carbocycles. The van der Waals surface area contributed by atoms with Gasteiger partial charge in [0, 0.05) is 30.9 Å². The van der Waals surface area contributed by atoms with Crippen molar-refractivity contribution in [2.75, 3.05) is 23.7 Å². The van der Waals surface area contributed by atoms with Crippen LogP contribution in [0, 0.1) is 0 Å². The number of benzene rings is 1. The molecule has 0 aliphatic rings. The average molecular weight is 266 g/mol. The molecule has 0 aliphatic carbocycles. The molecular weight excluding hydrogens is 252 g/mol. The third-order valence-electron chi connectivity index (χ3n) is 2.81. The zero-order valence-corrected chi connectivity index (χ0v) is 10.8. The molecule has 6 heteroatoms. The van der Waals surface area contributed by atoms with E-state index in [2.05, 4.69) is 30.6 Å². The van der Waals surface area contributed by atoms with E-state index in [0.29, 0.717) is 12.5 Å². The first-order chi connectivity index (χ1) is 9.93. The predicted molar refractivity (Wildman–Crippen MR) is 78.5 cm³/mol. The Labute approximate surface area is 116 Å². The number of anilines is 2. The molecule has 2 N–H and O–H groups in total. The number of para-hydroxylation sites is 1. The second-order valence-corrected chi connectivity index (χ2v) is 4.17. The summed E-state index contributed by atoms with van der Waals surface area (Å²) in [7, 11) is 0. The summed E-state index contributed by atoms with van der Waals surface area (Å²) in [5.74, 6) is 1.47. The number of hydrogen-bond donors (Lipinski definition) is 2. The molecule has 0 saturated carbocycles. The fraction of sp³-hybridized carbons (Fsp3) is 0.143. The van der Waals surface area contributed by atoms with Gasteiger partial charge in [-0.2, -0.15) is 0 Å². The van der Waals surface area contributed by atoms with Gasteiger partial charge < -0.3 is 10.6 Å². The van der Waals surface area contributed by atoms with Crippen LogP contribution in [0.4, 0.5) is 11.8 Å². The molecule has 2 aromatic heterocycles. The smallest absolute Gasteiger partial charge is 0.222 e. The normalized spacial score (nSPS) is 10.4. The van der Waals surface area contributed by atoms with Gasteiger partial charge in [0.1, 0.15) is 12.1 Å². The van der Waals surface area contributed by atoms with Crippen molar-refractivity contribution in [1.29, 1.82) is 0 Å². The van der Waals surface area contributed by atoms with Crippen LogP contribution in [0.1, 0.15) is 0 Å². The van der Waals surface area contributed by atoms with Crippen LogP contribution >= 0.6 is 0 Å². The van der Waals surface area contributed by atoms with Gasteiger partial charge in [-0.1, -0.05) is 12.1 Å². The summed E-state index contributed by atoms with van der Waals surface area (Å²) in [5, 5.41) is 7.44. The van der Waals surface area contributed by atoms with Crippen molar-refractivity contribution in [3.05, 3.63) is 49.1 Å². The van der Waals surface area contributed by atoms with Gasteiger partial charge in [0.15, 0.2) is 0 Å². The first-order valence-electron chi connectivity index (χ1n) is 6.38. The fourth-order valence-electron chi connectivity index (χ4n) is 1.89. The van der Waals surface area contributed by atoms with Gasteiger partial charge in [0.05, 0.1) is 5.52 Å². The number of hydrogen-bond acceptors (Lipinski definition) is 6. The van der Waals surface area contributed by atoms with Gasteiger partial charge in [-0.15, -0.1) is 0 Å². The van der Waals surface area contributed by atoms with Crippen molar-refractivity contribution >= 4 is 22.7 Å². The van der Waals surface area contributed by atoms with Gasteiger partial charge in [-0.3, -0.25) is 0 Å². The number of nitrogens with one attached hydrogen (secondary N) is 2. The Morgan fingerprint density at radius 2 is 1.60 bits per heavy atom. The van der Waals surface area contributed by atoms with E-state index in [1.807, 2.05) is 24.3 Å². The maximum absolute atomic E-state index is 4.27. The van der Waals surface area contributed by atoms with Crippen molar-refractivity contribution in [1.82, 2.24) is 19.9 Å². The summed E-state index contributed by atoms with van der Waals surface area (Å²) in [4.78, 5) is 16.7. The average Bonchev–Trinajstić information content (AvgIpc) is 2.53. The molecule has 0 unspecified atom stereocenters. The third-order valence-corrected chi connectivity index (χ3v) is 2.81. The fourth-order valence-corrected chi connectivity index (χ4v) is 1.89. The van der Waals surface area contributed by atoms with Gasteiger partial charge in [0.2, 0.25) is 5.95 Å². The first-order valence-corrected chi connectivity index (χ1v) is 6.38. The van der Waals surface area contributed by atoms with Crippen LogP contribution in [0.3, 0.4) is 0 Å². The molecule has 0 aliphatic heterocycles. The van der Waals surface area contributed by atoms with Crippen LogP contribution in [-0.2, 0) is 0 Å². The minimum absolute atomic E-state index is 0.627. The lowest BCUT2D eigenvalue weighted by Gasteiger charge is -2.08. The van der Waals surface area contributed by atoms with E-state index in [1.165, 1.54) is 0 Å². The summed E-state index contributed by atoms with van der Waals surface area (Å²) >= 11 is 0. The molecular formula is C14H14N6. The Kier molecular flexibility index (Phi) is 3.64. The van der Waals surface area contributed by atoms with E-state index in [1.54, 1.807) is 24.8 Å². The number of nitrogens with zero attached hydrogens (tertiary/aromatic N) is 4. The highest BCUT2D eigenvalue weighted by molar-refractivity contribution is 5.88. The lowest BCUT2D eigenvalue weighted by Crippen LogP contribution is -2.15.